The quantitative estimate of drug-likeness (QED) is 0.792. The Bertz CT molecular complexity index is 759. The summed E-state index contributed by atoms with van der Waals surface area (Å²) >= 11 is 1.63. The van der Waals surface area contributed by atoms with Gasteiger partial charge in [-0.3, -0.25) is 9.36 Å². The van der Waals surface area contributed by atoms with E-state index in [0.717, 1.165) is 16.2 Å². The zero-order chi connectivity index (χ0) is 13.4. The van der Waals surface area contributed by atoms with E-state index in [1.165, 1.54) is 4.88 Å². The van der Waals surface area contributed by atoms with Gasteiger partial charge in [0.2, 0.25) is 5.91 Å². The number of thiophene rings is 1. The predicted molar refractivity (Wildman–Crippen MR) is 74.8 cm³/mol. The molecule has 0 aliphatic rings. The second-order valence-corrected chi connectivity index (χ2v) is 5.53. The Morgan fingerprint density at radius 2 is 2.26 bits per heavy atom. The Labute approximate surface area is 113 Å². The average Bonchev–Trinajstić information content (AvgIpc) is 2.94. The number of nitrogens with two attached hydrogens (primary N) is 1. The molecule has 0 aliphatic carbocycles. The third-order valence-electron chi connectivity index (χ3n) is 2.78. The molecule has 0 unspecified atom stereocenters. The molecular formula is C13H12N4OS. The van der Waals surface area contributed by atoms with Crippen molar-refractivity contribution in [3.63, 3.8) is 0 Å². The standard InChI is InChI=1S/C13H12N4OS/c1-8-4-5-10(19-8)13-16-9-3-2-6-15-12(9)17(13)7-11(14)18/h2-6H,7H2,1H3,(H2,14,18). The average molecular weight is 272 g/mol. The van der Waals surface area contributed by atoms with Crippen LogP contribution in [0.1, 0.15) is 4.88 Å². The summed E-state index contributed by atoms with van der Waals surface area (Å²) in [6.45, 7) is 2.12. The molecule has 3 heterocycles. The molecule has 0 atom stereocenters. The van der Waals surface area contributed by atoms with E-state index < -0.39 is 5.91 Å². The van der Waals surface area contributed by atoms with Crippen molar-refractivity contribution in [2.24, 2.45) is 5.73 Å². The summed E-state index contributed by atoms with van der Waals surface area (Å²) in [7, 11) is 0. The molecule has 1 amide bonds. The van der Waals surface area contributed by atoms with Gasteiger partial charge in [-0.05, 0) is 31.2 Å². The maximum atomic E-state index is 11.2. The van der Waals surface area contributed by atoms with Crippen molar-refractivity contribution in [2.45, 2.75) is 13.5 Å². The van der Waals surface area contributed by atoms with E-state index in [4.69, 9.17) is 5.73 Å². The SMILES string of the molecule is Cc1ccc(-c2nc3cccnc3n2CC(N)=O)s1. The number of hydrogen-bond donors (Lipinski definition) is 1. The van der Waals surface area contributed by atoms with Crippen LogP contribution in [-0.4, -0.2) is 20.4 Å². The van der Waals surface area contributed by atoms with Gasteiger partial charge < -0.3 is 5.73 Å². The summed E-state index contributed by atoms with van der Waals surface area (Å²) in [5.74, 6) is 0.338. The van der Waals surface area contributed by atoms with Crippen LogP contribution in [0.5, 0.6) is 0 Å². The number of hydrogen-bond acceptors (Lipinski definition) is 4. The van der Waals surface area contributed by atoms with Crippen LogP contribution in [0.15, 0.2) is 30.5 Å². The van der Waals surface area contributed by atoms with Crippen molar-refractivity contribution in [1.82, 2.24) is 14.5 Å². The van der Waals surface area contributed by atoms with Gasteiger partial charge in [0.25, 0.3) is 0 Å². The topological polar surface area (TPSA) is 73.8 Å². The minimum Gasteiger partial charge on any atom is -0.368 e. The monoisotopic (exact) mass is 272 g/mol. The summed E-state index contributed by atoms with van der Waals surface area (Å²) in [5, 5.41) is 0. The highest BCUT2D eigenvalue weighted by molar-refractivity contribution is 7.15. The molecule has 0 fully saturated rings. The number of carbonyl (C=O) groups is 1. The third-order valence-corrected chi connectivity index (χ3v) is 3.78. The molecule has 0 aliphatic heterocycles. The van der Waals surface area contributed by atoms with Gasteiger partial charge in [-0.25, -0.2) is 9.97 Å². The predicted octanol–water partition coefficient (Wildman–Crippen LogP) is 1.95. The van der Waals surface area contributed by atoms with Crippen LogP contribution in [-0.2, 0) is 11.3 Å². The van der Waals surface area contributed by atoms with Crippen molar-refractivity contribution < 1.29 is 4.79 Å². The van der Waals surface area contributed by atoms with E-state index in [1.54, 1.807) is 22.1 Å². The van der Waals surface area contributed by atoms with E-state index in [0.29, 0.717) is 5.65 Å². The summed E-state index contributed by atoms with van der Waals surface area (Å²) in [4.78, 5) is 22.3. The van der Waals surface area contributed by atoms with E-state index in [-0.39, 0.29) is 6.54 Å². The zero-order valence-electron chi connectivity index (χ0n) is 10.3. The molecule has 0 saturated carbocycles. The second-order valence-electron chi connectivity index (χ2n) is 4.24. The molecule has 6 heteroatoms. The Morgan fingerprint density at radius 3 is 2.95 bits per heavy atom. The summed E-state index contributed by atoms with van der Waals surface area (Å²) < 4.78 is 1.77. The second kappa shape index (κ2) is 4.47. The lowest BCUT2D eigenvalue weighted by molar-refractivity contribution is -0.118. The van der Waals surface area contributed by atoms with Crippen LogP contribution in [0.25, 0.3) is 21.9 Å². The number of pyridine rings is 1. The number of rotatable bonds is 3. The van der Waals surface area contributed by atoms with Crippen LogP contribution in [0.4, 0.5) is 0 Å². The van der Waals surface area contributed by atoms with Gasteiger partial charge in [-0.15, -0.1) is 11.3 Å². The van der Waals surface area contributed by atoms with Gasteiger partial charge in [-0.2, -0.15) is 0 Å². The Hall–Kier alpha value is -2.21. The van der Waals surface area contributed by atoms with Gasteiger partial charge in [0.15, 0.2) is 11.5 Å². The number of nitrogens with zero attached hydrogens (tertiary/aromatic N) is 3. The molecule has 0 saturated heterocycles. The van der Waals surface area contributed by atoms with Crippen molar-refractivity contribution in [2.75, 3.05) is 0 Å². The van der Waals surface area contributed by atoms with Crippen LogP contribution in [0.2, 0.25) is 0 Å². The van der Waals surface area contributed by atoms with Crippen molar-refractivity contribution in [1.29, 1.82) is 0 Å². The number of imidazole rings is 1. The lowest BCUT2D eigenvalue weighted by Crippen LogP contribution is -2.19. The first kappa shape index (κ1) is 11.9. The molecule has 3 aromatic heterocycles. The molecule has 2 N–H and O–H groups in total. The highest BCUT2D eigenvalue weighted by atomic mass is 32.1. The highest BCUT2D eigenvalue weighted by Gasteiger charge is 2.15. The molecule has 0 bridgehead atoms. The van der Waals surface area contributed by atoms with Gasteiger partial charge >= 0.3 is 0 Å². The zero-order valence-corrected chi connectivity index (χ0v) is 11.1. The van der Waals surface area contributed by atoms with Crippen LogP contribution in [0, 0.1) is 6.92 Å². The Morgan fingerprint density at radius 1 is 1.42 bits per heavy atom. The number of aryl methyl sites for hydroxylation is 1. The van der Waals surface area contributed by atoms with Gasteiger partial charge in [0, 0.05) is 11.1 Å². The third kappa shape index (κ3) is 2.10. The van der Waals surface area contributed by atoms with Crippen molar-refractivity contribution in [3.8, 4) is 10.7 Å². The maximum Gasteiger partial charge on any atom is 0.237 e. The minimum absolute atomic E-state index is 0.0831. The van der Waals surface area contributed by atoms with E-state index in [1.807, 2.05) is 31.2 Å². The number of primary amides is 1. The van der Waals surface area contributed by atoms with Gasteiger partial charge in [0.1, 0.15) is 12.1 Å². The minimum atomic E-state index is -0.403. The lowest BCUT2D eigenvalue weighted by atomic mass is 10.4. The highest BCUT2D eigenvalue weighted by Crippen LogP contribution is 2.29. The molecule has 96 valence electrons. The molecule has 0 radical (unpaired) electrons. The summed E-state index contributed by atoms with van der Waals surface area (Å²) in [5.41, 5.74) is 6.77. The normalized spacial score (nSPS) is 11.0. The Kier molecular flexibility index (Phi) is 2.79. The smallest absolute Gasteiger partial charge is 0.237 e. The van der Waals surface area contributed by atoms with Crippen LogP contribution < -0.4 is 5.73 Å². The fourth-order valence-corrected chi connectivity index (χ4v) is 2.87. The maximum absolute atomic E-state index is 11.2. The number of aromatic nitrogens is 3. The van der Waals surface area contributed by atoms with E-state index >= 15 is 0 Å². The van der Waals surface area contributed by atoms with Gasteiger partial charge in [-0.1, -0.05) is 0 Å². The fourth-order valence-electron chi connectivity index (χ4n) is 2.01. The fraction of sp³-hybridized carbons (Fsp3) is 0.154. The molecule has 5 nitrogen and oxygen atoms in total. The number of amides is 1. The summed E-state index contributed by atoms with van der Waals surface area (Å²) in [6.07, 6.45) is 1.69. The lowest BCUT2D eigenvalue weighted by Gasteiger charge is -2.04. The molecule has 0 aromatic carbocycles. The van der Waals surface area contributed by atoms with Crippen molar-refractivity contribution >= 4 is 28.4 Å². The van der Waals surface area contributed by atoms with Crippen LogP contribution in [0.3, 0.4) is 0 Å². The van der Waals surface area contributed by atoms with Crippen LogP contribution >= 0.6 is 11.3 Å². The molecule has 0 spiro atoms. The molecule has 3 aromatic rings. The first-order chi connectivity index (χ1) is 9.15. The largest absolute Gasteiger partial charge is 0.368 e. The Balaban J connectivity index is 2.25. The van der Waals surface area contributed by atoms with E-state index in [2.05, 4.69) is 9.97 Å². The molecular weight excluding hydrogens is 260 g/mol. The number of fused-ring (bicyclic) bond motifs is 1. The first-order valence-electron chi connectivity index (χ1n) is 5.81. The number of carbonyl (C=O) groups excluding carboxylic acids is 1. The van der Waals surface area contributed by atoms with Crippen molar-refractivity contribution in [3.05, 3.63) is 35.3 Å². The molecule has 19 heavy (non-hydrogen) atoms. The first-order valence-corrected chi connectivity index (χ1v) is 6.63. The van der Waals surface area contributed by atoms with E-state index in [9.17, 15) is 4.79 Å². The molecule has 3 rings (SSSR count). The van der Waals surface area contributed by atoms with Gasteiger partial charge in [0.05, 0.1) is 4.88 Å². The summed E-state index contributed by atoms with van der Waals surface area (Å²) in [6, 6.07) is 7.73.